The highest BCUT2D eigenvalue weighted by atomic mass is 19.1. The van der Waals surface area contributed by atoms with E-state index in [1.54, 1.807) is 12.1 Å². The zero-order chi connectivity index (χ0) is 12.8. The van der Waals surface area contributed by atoms with Crippen molar-refractivity contribution in [2.75, 3.05) is 5.43 Å². The fraction of sp³-hybridized carbons (Fsp3) is 0. The van der Waals surface area contributed by atoms with Gasteiger partial charge in [0, 0.05) is 5.56 Å². The molecule has 1 N–H and O–H groups in total. The van der Waals surface area contributed by atoms with Gasteiger partial charge in [-0.15, -0.1) is 6.42 Å². The number of anilines is 1. The molecule has 88 valence electrons. The minimum absolute atomic E-state index is 0.219. The third kappa shape index (κ3) is 2.74. The molecule has 0 saturated heterocycles. The Balaban J connectivity index is 2.15. The van der Waals surface area contributed by atoms with Crippen molar-refractivity contribution in [3.63, 3.8) is 0 Å². The van der Waals surface area contributed by atoms with Gasteiger partial charge in [-0.2, -0.15) is 5.10 Å². The quantitative estimate of drug-likeness (QED) is 0.495. The standard InChI is InChI=1S/C15H11FN2/c1-2-14-12(7-6-10-15(14)16)11-17-18-13-8-4-3-5-9-13/h1,3-11,18H. The molecule has 0 amide bonds. The molecule has 2 aromatic carbocycles. The predicted octanol–water partition coefficient (Wildman–Crippen LogP) is 3.25. The molecule has 2 rings (SSSR count). The van der Waals surface area contributed by atoms with Crippen LogP contribution in [0.2, 0.25) is 0 Å². The molecule has 0 atom stereocenters. The van der Waals surface area contributed by atoms with Gasteiger partial charge in [-0.3, -0.25) is 5.43 Å². The Morgan fingerprint density at radius 3 is 2.61 bits per heavy atom. The van der Waals surface area contributed by atoms with Crippen LogP contribution in [0, 0.1) is 18.2 Å². The fourth-order valence-corrected chi connectivity index (χ4v) is 1.49. The molecule has 3 heteroatoms. The van der Waals surface area contributed by atoms with Crippen molar-refractivity contribution < 1.29 is 4.39 Å². The van der Waals surface area contributed by atoms with Crippen molar-refractivity contribution in [1.29, 1.82) is 0 Å². The summed E-state index contributed by atoms with van der Waals surface area (Å²) in [4.78, 5) is 0. The molecule has 0 saturated carbocycles. The maximum absolute atomic E-state index is 13.4. The second-order valence-corrected chi connectivity index (χ2v) is 3.58. The molecule has 18 heavy (non-hydrogen) atoms. The Labute approximate surface area is 105 Å². The molecule has 0 radical (unpaired) electrons. The number of hydrazone groups is 1. The van der Waals surface area contributed by atoms with Crippen LogP contribution in [0.4, 0.5) is 10.1 Å². The van der Waals surface area contributed by atoms with E-state index in [1.165, 1.54) is 12.3 Å². The summed E-state index contributed by atoms with van der Waals surface area (Å²) in [6, 6.07) is 14.1. The van der Waals surface area contributed by atoms with Gasteiger partial charge in [0.2, 0.25) is 0 Å². The summed E-state index contributed by atoms with van der Waals surface area (Å²) in [6.45, 7) is 0. The van der Waals surface area contributed by atoms with Crippen LogP contribution in [-0.2, 0) is 0 Å². The van der Waals surface area contributed by atoms with Crippen molar-refractivity contribution in [2.24, 2.45) is 5.10 Å². The number of terminal acetylenes is 1. The van der Waals surface area contributed by atoms with E-state index < -0.39 is 5.82 Å². The van der Waals surface area contributed by atoms with Gasteiger partial charge in [-0.25, -0.2) is 4.39 Å². The molecule has 0 aliphatic rings. The summed E-state index contributed by atoms with van der Waals surface area (Å²) in [5.41, 5.74) is 4.49. The summed E-state index contributed by atoms with van der Waals surface area (Å²) >= 11 is 0. The average molecular weight is 238 g/mol. The third-order valence-corrected chi connectivity index (χ3v) is 2.36. The number of halogens is 1. The lowest BCUT2D eigenvalue weighted by Crippen LogP contribution is -1.95. The molecule has 0 bridgehead atoms. The number of rotatable bonds is 3. The first-order valence-corrected chi connectivity index (χ1v) is 5.40. The SMILES string of the molecule is C#Cc1c(F)cccc1C=NNc1ccccc1. The maximum atomic E-state index is 13.4. The van der Waals surface area contributed by atoms with Gasteiger partial charge in [0.25, 0.3) is 0 Å². The highest BCUT2D eigenvalue weighted by Gasteiger charge is 2.02. The Hall–Kier alpha value is -2.60. The van der Waals surface area contributed by atoms with Gasteiger partial charge in [0.05, 0.1) is 17.5 Å². The van der Waals surface area contributed by atoms with E-state index in [9.17, 15) is 4.39 Å². The molecule has 0 aromatic heterocycles. The van der Waals surface area contributed by atoms with E-state index in [2.05, 4.69) is 16.4 Å². The second kappa shape index (κ2) is 5.65. The Kier molecular flexibility index (Phi) is 3.72. The van der Waals surface area contributed by atoms with E-state index >= 15 is 0 Å². The summed E-state index contributed by atoms with van der Waals surface area (Å²) in [6.07, 6.45) is 6.77. The van der Waals surface area contributed by atoms with Crippen molar-refractivity contribution in [3.05, 3.63) is 65.5 Å². The Morgan fingerprint density at radius 1 is 1.11 bits per heavy atom. The number of hydrogen-bond donors (Lipinski definition) is 1. The first-order chi connectivity index (χ1) is 8.81. The van der Waals surface area contributed by atoms with Gasteiger partial charge in [0.1, 0.15) is 5.82 Å². The zero-order valence-corrected chi connectivity index (χ0v) is 9.60. The lowest BCUT2D eigenvalue weighted by Gasteiger charge is -2.01. The molecular formula is C15H11FN2. The van der Waals surface area contributed by atoms with E-state index in [0.717, 1.165) is 5.69 Å². The molecule has 0 spiro atoms. The van der Waals surface area contributed by atoms with Crippen LogP contribution in [0.3, 0.4) is 0 Å². The number of benzene rings is 2. The monoisotopic (exact) mass is 238 g/mol. The summed E-state index contributed by atoms with van der Waals surface area (Å²) in [5.74, 6) is 1.90. The van der Waals surface area contributed by atoms with Gasteiger partial charge in [0.15, 0.2) is 0 Å². The van der Waals surface area contributed by atoms with Crippen molar-refractivity contribution >= 4 is 11.9 Å². The first kappa shape index (κ1) is 11.9. The minimum Gasteiger partial charge on any atom is -0.279 e. The summed E-state index contributed by atoms with van der Waals surface area (Å²) in [7, 11) is 0. The number of para-hydroxylation sites is 1. The van der Waals surface area contributed by atoms with Crippen molar-refractivity contribution in [1.82, 2.24) is 0 Å². The average Bonchev–Trinajstić information content (AvgIpc) is 2.40. The number of nitrogens with one attached hydrogen (secondary N) is 1. The lowest BCUT2D eigenvalue weighted by atomic mass is 10.1. The summed E-state index contributed by atoms with van der Waals surface area (Å²) in [5, 5.41) is 4.02. The summed E-state index contributed by atoms with van der Waals surface area (Å²) < 4.78 is 13.4. The van der Waals surface area contributed by atoms with Crippen molar-refractivity contribution in [3.8, 4) is 12.3 Å². The number of hydrogen-bond acceptors (Lipinski definition) is 2. The first-order valence-electron chi connectivity index (χ1n) is 5.40. The van der Waals surface area contributed by atoms with Crippen LogP contribution in [0.5, 0.6) is 0 Å². The van der Waals surface area contributed by atoms with Crippen LogP contribution >= 0.6 is 0 Å². The largest absolute Gasteiger partial charge is 0.279 e. The van der Waals surface area contributed by atoms with Crippen LogP contribution in [0.1, 0.15) is 11.1 Å². The fourth-order valence-electron chi connectivity index (χ4n) is 1.49. The minimum atomic E-state index is -0.416. The molecule has 0 aliphatic carbocycles. The molecule has 0 aliphatic heterocycles. The smallest absolute Gasteiger partial charge is 0.139 e. The maximum Gasteiger partial charge on any atom is 0.139 e. The second-order valence-electron chi connectivity index (χ2n) is 3.58. The third-order valence-electron chi connectivity index (χ3n) is 2.36. The van der Waals surface area contributed by atoms with Gasteiger partial charge < -0.3 is 0 Å². The molecule has 2 aromatic rings. The van der Waals surface area contributed by atoms with Crippen molar-refractivity contribution in [2.45, 2.75) is 0 Å². The van der Waals surface area contributed by atoms with E-state index in [1.807, 2.05) is 30.3 Å². The predicted molar refractivity (Wildman–Crippen MR) is 72.0 cm³/mol. The molecule has 0 fully saturated rings. The molecule has 0 heterocycles. The molecular weight excluding hydrogens is 227 g/mol. The molecule has 2 nitrogen and oxygen atoms in total. The van der Waals surface area contributed by atoms with Crippen LogP contribution in [-0.4, -0.2) is 6.21 Å². The van der Waals surface area contributed by atoms with Crippen LogP contribution in [0.25, 0.3) is 0 Å². The van der Waals surface area contributed by atoms with Gasteiger partial charge in [-0.1, -0.05) is 36.3 Å². The van der Waals surface area contributed by atoms with Crippen LogP contribution in [0.15, 0.2) is 53.6 Å². The Morgan fingerprint density at radius 2 is 1.89 bits per heavy atom. The van der Waals surface area contributed by atoms with Gasteiger partial charge in [-0.05, 0) is 18.2 Å². The Bertz CT molecular complexity index is 598. The van der Waals surface area contributed by atoms with E-state index in [-0.39, 0.29) is 5.56 Å². The topological polar surface area (TPSA) is 24.4 Å². The highest BCUT2D eigenvalue weighted by Crippen LogP contribution is 2.10. The highest BCUT2D eigenvalue weighted by molar-refractivity contribution is 5.84. The van der Waals surface area contributed by atoms with E-state index in [4.69, 9.17) is 6.42 Å². The van der Waals surface area contributed by atoms with Gasteiger partial charge >= 0.3 is 0 Å². The lowest BCUT2D eigenvalue weighted by molar-refractivity contribution is 0.624. The molecule has 0 unspecified atom stereocenters. The van der Waals surface area contributed by atoms with E-state index in [0.29, 0.717) is 5.56 Å². The number of nitrogens with zero attached hydrogens (tertiary/aromatic N) is 1. The van der Waals surface area contributed by atoms with Crippen LogP contribution < -0.4 is 5.43 Å². The normalized spacial score (nSPS) is 10.2. The zero-order valence-electron chi connectivity index (χ0n) is 9.60.